The van der Waals surface area contributed by atoms with E-state index in [-0.39, 0.29) is 28.7 Å². The molecule has 5 rings (SSSR count). The summed E-state index contributed by atoms with van der Waals surface area (Å²) >= 11 is 0. The Morgan fingerprint density at radius 3 is 2.32 bits per heavy atom. The highest BCUT2D eigenvalue weighted by Gasteiger charge is 2.68. The molecule has 2 aromatic carbocycles. The van der Waals surface area contributed by atoms with Gasteiger partial charge in [-0.1, -0.05) is 42.5 Å². The van der Waals surface area contributed by atoms with Gasteiger partial charge in [-0.15, -0.1) is 3.89 Å². The maximum absolute atomic E-state index is 14.2. The summed E-state index contributed by atoms with van der Waals surface area (Å²) in [6.07, 6.45) is 2.48. The first-order valence-electron chi connectivity index (χ1n) is 13.0. The van der Waals surface area contributed by atoms with Crippen LogP contribution in [0.3, 0.4) is 0 Å². The number of carbonyl (C=O) groups is 1. The maximum Gasteiger partial charge on any atom is 0.438 e. The van der Waals surface area contributed by atoms with Crippen LogP contribution in [0.2, 0.25) is 0 Å². The van der Waals surface area contributed by atoms with Crippen molar-refractivity contribution in [2.45, 2.75) is 49.1 Å². The lowest BCUT2D eigenvalue weighted by Crippen LogP contribution is -2.58. The lowest BCUT2D eigenvalue weighted by atomic mass is 9.73. The minimum Gasteiger partial charge on any atom is -0.384 e. The number of hydrogen-bond donors (Lipinski definition) is 4. The fourth-order valence-corrected chi connectivity index (χ4v) is 9.61. The fourth-order valence-electron chi connectivity index (χ4n) is 6.24. The Balaban J connectivity index is 1.80. The number of nitrogens with one attached hydrogen (secondary N) is 3. The predicted octanol–water partition coefficient (Wildman–Crippen LogP) is 3.39. The van der Waals surface area contributed by atoms with Gasteiger partial charge < -0.3 is 5.73 Å². The molecule has 5 N–H and O–H groups in total. The lowest BCUT2D eigenvalue weighted by molar-refractivity contribution is -0.740. The van der Waals surface area contributed by atoms with Crippen LogP contribution in [-0.2, 0) is 20.0 Å². The number of nitrogen functional groups attached to an aromatic ring is 1. The molecule has 2 aliphatic rings. The number of carbonyl (C=O) groups excluding carboxylic acids is 1. The third-order valence-electron chi connectivity index (χ3n) is 7.61. The van der Waals surface area contributed by atoms with Gasteiger partial charge in [0.2, 0.25) is 10.0 Å². The van der Waals surface area contributed by atoms with E-state index in [4.69, 9.17) is 11.1 Å². The quantitative estimate of drug-likeness (QED) is 0.192. The number of sulfonamides is 2. The molecule has 2 heterocycles. The van der Waals surface area contributed by atoms with Gasteiger partial charge in [0.25, 0.3) is 0 Å². The predicted molar refractivity (Wildman–Crippen MR) is 155 cm³/mol. The molecule has 1 fully saturated rings. The Bertz CT molecular complexity index is 1770. The van der Waals surface area contributed by atoms with Crippen molar-refractivity contribution in [1.82, 2.24) is 9.71 Å². The second kappa shape index (κ2) is 9.72. The van der Waals surface area contributed by atoms with E-state index in [0.29, 0.717) is 16.7 Å². The summed E-state index contributed by atoms with van der Waals surface area (Å²) in [6.45, 7) is 4.96. The van der Waals surface area contributed by atoms with E-state index in [1.54, 1.807) is 81.4 Å². The highest BCUT2D eigenvalue weighted by Crippen LogP contribution is 2.62. The number of likely N-dealkylation sites (tertiary alicyclic amines) is 1. The molecule has 11 nitrogen and oxygen atoms in total. The molecule has 216 valence electrons. The number of amidine groups is 1. The molecule has 0 spiro atoms. The van der Waals surface area contributed by atoms with Crippen molar-refractivity contribution in [3.05, 3.63) is 89.1 Å². The summed E-state index contributed by atoms with van der Waals surface area (Å²) in [7, 11) is -8.35. The standard InChI is InChI=1S/C28H32N6O5S2/c1-28(2,3)33-41(38,39)25-19-11-8-12-20(25)24-23(17-9-7-10-18(15-17)26(29)30)21(19)16-34(24,40(4,36)37)27(35)32-22-13-5-6-14-31-22/h5-15,21,23-24,33H,16H2,1-4H3,(H3-,29,30,31,32,35)/p+1/t21-,23-,24?,34+/m0/s1. The van der Waals surface area contributed by atoms with Crippen molar-refractivity contribution in [3.63, 3.8) is 0 Å². The van der Waals surface area contributed by atoms with Gasteiger partial charge in [0, 0.05) is 28.8 Å². The van der Waals surface area contributed by atoms with Crippen LogP contribution in [0, 0.1) is 5.41 Å². The summed E-state index contributed by atoms with van der Waals surface area (Å²) in [4.78, 5) is 18.3. The molecule has 3 aromatic rings. The molecular formula is C28H33N6O5S2+. The first kappa shape index (κ1) is 28.9. The smallest absolute Gasteiger partial charge is 0.384 e. The van der Waals surface area contributed by atoms with Gasteiger partial charge in [0.15, 0.2) is 0 Å². The minimum absolute atomic E-state index is 0.00168. The van der Waals surface area contributed by atoms with E-state index >= 15 is 0 Å². The summed E-state index contributed by atoms with van der Waals surface area (Å²) in [5.74, 6) is -1.28. The molecule has 41 heavy (non-hydrogen) atoms. The largest absolute Gasteiger partial charge is 0.438 e. The Hall–Kier alpha value is -3.65. The van der Waals surface area contributed by atoms with Gasteiger partial charge in [0.05, 0.1) is 17.1 Å². The van der Waals surface area contributed by atoms with Crippen molar-refractivity contribution in [1.29, 1.82) is 5.41 Å². The van der Waals surface area contributed by atoms with Crippen LogP contribution >= 0.6 is 0 Å². The molecule has 4 atom stereocenters. The zero-order valence-corrected chi connectivity index (χ0v) is 24.8. The fraction of sp³-hybridized carbons (Fsp3) is 0.321. The first-order chi connectivity index (χ1) is 19.1. The number of nitrogens with zero attached hydrogens (tertiary/aromatic N) is 2. The number of benzene rings is 2. The van der Waals surface area contributed by atoms with Crippen LogP contribution in [0.1, 0.15) is 60.9 Å². The summed E-state index contributed by atoms with van der Waals surface area (Å²) in [5, 5.41) is 10.6. The molecule has 1 aliphatic carbocycles. The molecule has 0 radical (unpaired) electrons. The van der Waals surface area contributed by atoms with Crippen molar-refractivity contribution in [2.24, 2.45) is 5.73 Å². The van der Waals surface area contributed by atoms with Crippen LogP contribution in [0.25, 0.3) is 0 Å². The monoisotopic (exact) mass is 597 g/mol. The van der Waals surface area contributed by atoms with Gasteiger partial charge in [-0.25, -0.2) is 22.9 Å². The second-order valence-corrected chi connectivity index (χ2v) is 15.3. The van der Waals surface area contributed by atoms with E-state index in [1.165, 1.54) is 6.20 Å². The van der Waals surface area contributed by atoms with E-state index in [2.05, 4.69) is 15.0 Å². The molecule has 1 unspecified atom stereocenters. The van der Waals surface area contributed by atoms with Crippen LogP contribution in [0.15, 0.2) is 71.8 Å². The molecule has 1 aromatic heterocycles. The third-order valence-corrected chi connectivity index (χ3v) is 11.2. The highest BCUT2D eigenvalue weighted by molar-refractivity contribution is 7.89. The maximum atomic E-state index is 14.2. The van der Waals surface area contributed by atoms with Crippen molar-refractivity contribution in [3.8, 4) is 0 Å². The summed E-state index contributed by atoms with van der Waals surface area (Å²) in [6, 6.07) is 14.8. The summed E-state index contributed by atoms with van der Waals surface area (Å²) in [5.41, 5.74) is 6.72. The Morgan fingerprint density at radius 1 is 1.02 bits per heavy atom. The molecule has 13 heteroatoms. The van der Waals surface area contributed by atoms with Gasteiger partial charge >= 0.3 is 16.1 Å². The second-order valence-electron chi connectivity index (χ2n) is 11.6. The average Bonchev–Trinajstić information content (AvgIpc) is 3.21. The molecule has 2 amide bonds. The molecular weight excluding hydrogens is 564 g/mol. The van der Waals surface area contributed by atoms with E-state index in [9.17, 15) is 21.6 Å². The van der Waals surface area contributed by atoms with Gasteiger partial charge in [-0.05, 0) is 50.1 Å². The topological polar surface area (TPSA) is 172 Å². The number of aromatic nitrogens is 1. The van der Waals surface area contributed by atoms with Crippen LogP contribution in [-0.4, -0.2) is 55.9 Å². The number of anilines is 1. The Labute approximate surface area is 240 Å². The number of fused-ring (bicyclic) bond motifs is 6. The number of nitrogens with two attached hydrogens (primary N) is 1. The summed E-state index contributed by atoms with van der Waals surface area (Å²) < 4.78 is 57.1. The van der Waals surface area contributed by atoms with Crippen molar-refractivity contribution < 1.29 is 25.5 Å². The van der Waals surface area contributed by atoms with Crippen LogP contribution < -0.4 is 15.8 Å². The molecule has 0 saturated carbocycles. The number of urea groups is 1. The number of hydrogen-bond acceptors (Lipinski definition) is 7. The van der Waals surface area contributed by atoms with Crippen molar-refractivity contribution >= 4 is 37.7 Å². The zero-order chi connectivity index (χ0) is 30.0. The highest BCUT2D eigenvalue weighted by atomic mass is 32.2. The van der Waals surface area contributed by atoms with E-state index in [1.807, 2.05) is 0 Å². The number of pyridine rings is 1. The number of quaternary nitrogens is 1. The Kier molecular flexibility index (Phi) is 6.84. The van der Waals surface area contributed by atoms with Gasteiger partial charge in [0.1, 0.15) is 24.2 Å². The Morgan fingerprint density at radius 2 is 1.71 bits per heavy atom. The van der Waals surface area contributed by atoms with Gasteiger partial charge in [-0.3, -0.25) is 10.7 Å². The first-order valence-corrected chi connectivity index (χ1v) is 16.3. The molecule has 1 aliphatic heterocycles. The van der Waals surface area contributed by atoms with E-state index in [0.717, 1.165) is 6.26 Å². The van der Waals surface area contributed by atoms with Crippen LogP contribution in [0.5, 0.6) is 0 Å². The SMILES string of the molecule is CC(C)(C)NS(=O)(=O)c1c2cccc1[C@@H]1C[N@@+](C(=O)Nc3ccccn3)(S(C)(=O)=O)C2[C@H]1c1cccc(C(=N)N)c1. The number of amides is 2. The minimum atomic E-state index is -4.23. The molecule has 1 saturated heterocycles. The van der Waals surface area contributed by atoms with Crippen molar-refractivity contribution in [2.75, 3.05) is 18.1 Å². The average molecular weight is 598 g/mol. The van der Waals surface area contributed by atoms with Crippen LogP contribution in [0.4, 0.5) is 10.6 Å². The molecule has 4 bridgehead atoms. The normalized spacial score (nSPS) is 23.7. The third kappa shape index (κ3) is 4.82. The van der Waals surface area contributed by atoms with E-state index < -0.39 is 53.4 Å². The zero-order valence-electron chi connectivity index (χ0n) is 23.1. The lowest BCUT2D eigenvalue weighted by Gasteiger charge is -2.38. The van der Waals surface area contributed by atoms with Gasteiger partial charge in [-0.2, -0.15) is 8.42 Å². The number of rotatable bonds is 6.